The van der Waals surface area contributed by atoms with E-state index in [-0.39, 0.29) is 0 Å². The molecular weight excluding hydrogens is 345 g/mol. The summed E-state index contributed by atoms with van der Waals surface area (Å²) in [4.78, 5) is 10.9. The summed E-state index contributed by atoms with van der Waals surface area (Å²) < 4.78 is 7.99. The normalized spacial score (nSPS) is 11.7. The zero-order valence-electron chi connectivity index (χ0n) is 10.2. The predicted octanol–water partition coefficient (Wildman–Crippen LogP) is 2.36. The van der Waals surface area contributed by atoms with Crippen LogP contribution in [-0.4, -0.2) is 21.3 Å². The van der Waals surface area contributed by atoms with Gasteiger partial charge in [-0.2, -0.15) is 5.10 Å². The number of pyridine rings is 1. The van der Waals surface area contributed by atoms with Crippen LogP contribution in [0.4, 0.5) is 4.79 Å². The van der Waals surface area contributed by atoms with Gasteiger partial charge in [-0.15, -0.1) is 0 Å². The number of nitrogens with two attached hydrogens (primary N) is 1. The number of aromatic nitrogens is 2. The van der Waals surface area contributed by atoms with Crippen molar-refractivity contribution in [3.05, 3.63) is 33.7 Å². The zero-order valence-corrected chi connectivity index (χ0v) is 12.3. The zero-order chi connectivity index (χ0) is 13.3. The van der Waals surface area contributed by atoms with Crippen LogP contribution in [0.1, 0.15) is 19.4 Å². The van der Waals surface area contributed by atoms with Crippen molar-refractivity contribution in [3.8, 4) is 0 Å². The molecule has 6 heteroatoms. The van der Waals surface area contributed by atoms with Crippen molar-refractivity contribution < 1.29 is 9.53 Å². The van der Waals surface area contributed by atoms with E-state index in [4.69, 9.17) is 10.5 Å². The first kappa shape index (κ1) is 13.1. The number of ether oxygens (including phenoxy) is 1. The third kappa shape index (κ3) is 2.74. The molecule has 0 fully saturated rings. The van der Waals surface area contributed by atoms with E-state index in [9.17, 15) is 4.79 Å². The van der Waals surface area contributed by atoms with Crippen LogP contribution in [0.15, 0.2) is 24.4 Å². The van der Waals surface area contributed by atoms with E-state index < -0.39 is 11.7 Å². The van der Waals surface area contributed by atoms with Gasteiger partial charge in [0, 0.05) is 6.42 Å². The van der Waals surface area contributed by atoms with Crippen LogP contribution in [0.2, 0.25) is 0 Å². The monoisotopic (exact) mass is 359 g/mol. The third-order valence-electron chi connectivity index (χ3n) is 2.59. The second kappa shape index (κ2) is 4.75. The topological polar surface area (TPSA) is 69.6 Å². The Morgan fingerprint density at radius 3 is 2.89 bits per heavy atom. The number of hydrogen-bond donors (Lipinski definition) is 1. The fourth-order valence-electron chi connectivity index (χ4n) is 1.96. The number of carbonyl (C=O) groups excluding carboxylic acids is 1. The van der Waals surface area contributed by atoms with Crippen LogP contribution in [0.5, 0.6) is 0 Å². The maximum absolute atomic E-state index is 10.9. The largest absolute Gasteiger partial charge is 0.443 e. The first-order chi connectivity index (χ1) is 8.39. The Hall–Kier alpha value is -1.31. The van der Waals surface area contributed by atoms with Crippen LogP contribution >= 0.6 is 22.6 Å². The van der Waals surface area contributed by atoms with Crippen molar-refractivity contribution in [1.82, 2.24) is 9.61 Å². The number of primary amides is 1. The van der Waals surface area contributed by atoms with Crippen molar-refractivity contribution in [2.45, 2.75) is 25.9 Å². The van der Waals surface area contributed by atoms with Gasteiger partial charge in [0.05, 0.1) is 11.7 Å². The molecule has 5 nitrogen and oxygen atoms in total. The van der Waals surface area contributed by atoms with E-state index in [1.165, 1.54) is 0 Å². The first-order valence-corrected chi connectivity index (χ1v) is 6.56. The molecule has 0 aliphatic carbocycles. The maximum atomic E-state index is 10.9. The number of carbonyl (C=O) groups is 1. The van der Waals surface area contributed by atoms with Crippen molar-refractivity contribution in [2.75, 3.05) is 0 Å². The maximum Gasteiger partial charge on any atom is 0.405 e. The van der Waals surface area contributed by atoms with Crippen LogP contribution in [0, 0.1) is 3.70 Å². The van der Waals surface area contributed by atoms with Gasteiger partial charge in [0.15, 0.2) is 0 Å². The molecule has 0 aromatic carbocycles. The minimum absolute atomic E-state index is 0.585. The second-order valence-corrected chi connectivity index (χ2v) is 5.77. The molecule has 2 aromatic rings. The van der Waals surface area contributed by atoms with Crippen LogP contribution in [0.25, 0.3) is 5.52 Å². The molecule has 2 rings (SSSR count). The van der Waals surface area contributed by atoms with Gasteiger partial charge in [0.1, 0.15) is 9.30 Å². The SMILES string of the molecule is CC(C)(Cc1ccc(I)n2nccc12)OC(N)=O. The Bertz CT molecular complexity index is 592. The molecule has 0 saturated heterocycles. The molecule has 0 aliphatic heterocycles. The number of hydrogen-bond acceptors (Lipinski definition) is 3. The molecule has 18 heavy (non-hydrogen) atoms. The van der Waals surface area contributed by atoms with Crippen molar-refractivity contribution in [3.63, 3.8) is 0 Å². The van der Waals surface area contributed by atoms with Crippen LogP contribution in [-0.2, 0) is 11.2 Å². The number of halogens is 1. The summed E-state index contributed by atoms with van der Waals surface area (Å²) in [6.07, 6.45) is 1.58. The fourth-order valence-corrected chi connectivity index (χ4v) is 2.52. The summed E-state index contributed by atoms with van der Waals surface area (Å²) in [6, 6.07) is 5.94. The molecule has 0 saturated carbocycles. The lowest BCUT2D eigenvalue weighted by atomic mass is 9.98. The molecule has 2 heterocycles. The van der Waals surface area contributed by atoms with Gasteiger partial charge in [-0.05, 0) is 54.1 Å². The van der Waals surface area contributed by atoms with Gasteiger partial charge >= 0.3 is 6.09 Å². The Labute approximate surface area is 118 Å². The second-order valence-electron chi connectivity index (χ2n) is 4.67. The summed E-state index contributed by atoms with van der Waals surface area (Å²) >= 11 is 2.22. The third-order valence-corrected chi connectivity index (χ3v) is 3.41. The van der Waals surface area contributed by atoms with E-state index in [1.807, 2.05) is 36.6 Å². The number of nitrogens with zero attached hydrogens (tertiary/aromatic N) is 2. The van der Waals surface area contributed by atoms with Crippen LogP contribution in [0.3, 0.4) is 0 Å². The van der Waals surface area contributed by atoms with Gasteiger partial charge in [-0.1, -0.05) is 6.07 Å². The molecule has 0 unspecified atom stereocenters. The number of rotatable bonds is 3. The summed E-state index contributed by atoms with van der Waals surface area (Å²) in [7, 11) is 0. The molecule has 0 aliphatic rings. The molecule has 2 N–H and O–H groups in total. The average Bonchev–Trinajstić information content (AvgIpc) is 2.69. The van der Waals surface area contributed by atoms with Gasteiger partial charge < -0.3 is 10.5 Å². The molecule has 2 aromatic heterocycles. The van der Waals surface area contributed by atoms with Gasteiger partial charge in [0.25, 0.3) is 0 Å². The summed E-state index contributed by atoms with van der Waals surface area (Å²) in [6.45, 7) is 3.67. The van der Waals surface area contributed by atoms with Crippen molar-refractivity contribution >= 4 is 34.2 Å². The summed E-state index contributed by atoms with van der Waals surface area (Å²) in [5.74, 6) is 0. The van der Waals surface area contributed by atoms with E-state index >= 15 is 0 Å². The Morgan fingerprint density at radius 1 is 1.50 bits per heavy atom. The van der Waals surface area contributed by atoms with Gasteiger partial charge in [-0.3, -0.25) is 0 Å². The minimum atomic E-state index is -0.755. The average molecular weight is 359 g/mol. The Morgan fingerprint density at radius 2 is 2.22 bits per heavy atom. The highest BCUT2D eigenvalue weighted by Gasteiger charge is 2.23. The quantitative estimate of drug-likeness (QED) is 0.676. The molecule has 1 amide bonds. The Balaban J connectivity index is 2.35. The smallest absolute Gasteiger partial charge is 0.405 e. The molecular formula is C12H14IN3O2. The first-order valence-electron chi connectivity index (χ1n) is 5.49. The minimum Gasteiger partial charge on any atom is -0.443 e. The molecule has 0 bridgehead atoms. The standard InChI is InChI=1S/C12H14IN3O2/c1-12(2,18-11(14)17)7-8-3-4-10(13)16-9(8)5-6-15-16/h3-6H,7H2,1-2H3,(H2,14,17). The van der Waals surface area contributed by atoms with Gasteiger partial charge in [-0.25, -0.2) is 9.31 Å². The fraction of sp³-hybridized carbons (Fsp3) is 0.333. The molecule has 96 valence electrons. The van der Waals surface area contributed by atoms with E-state index in [2.05, 4.69) is 27.7 Å². The highest BCUT2D eigenvalue weighted by molar-refractivity contribution is 14.1. The number of amides is 1. The summed E-state index contributed by atoms with van der Waals surface area (Å²) in [5.41, 5.74) is 6.52. The lowest BCUT2D eigenvalue weighted by molar-refractivity contribution is 0.0462. The predicted molar refractivity (Wildman–Crippen MR) is 76.4 cm³/mol. The van der Waals surface area contributed by atoms with Crippen molar-refractivity contribution in [2.24, 2.45) is 5.73 Å². The van der Waals surface area contributed by atoms with Gasteiger partial charge in [0.2, 0.25) is 0 Å². The van der Waals surface area contributed by atoms with E-state index in [0.29, 0.717) is 6.42 Å². The Kier molecular flexibility index (Phi) is 3.47. The highest BCUT2D eigenvalue weighted by atomic mass is 127. The molecule has 0 radical (unpaired) electrons. The van der Waals surface area contributed by atoms with Crippen molar-refractivity contribution in [1.29, 1.82) is 0 Å². The van der Waals surface area contributed by atoms with E-state index in [1.54, 1.807) is 6.20 Å². The molecule has 0 spiro atoms. The lowest BCUT2D eigenvalue weighted by Crippen LogP contribution is -2.33. The lowest BCUT2D eigenvalue weighted by Gasteiger charge is -2.24. The highest BCUT2D eigenvalue weighted by Crippen LogP contribution is 2.22. The summed E-state index contributed by atoms with van der Waals surface area (Å²) in [5, 5.41) is 4.25. The van der Waals surface area contributed by atoms with E-state index in [0.717, 1.165) is 14.8 Å². The number of fused-ring (bicyclic) bond motifs is 1. The molecule has 0 atom stereocenters. The van der Waals surface area contributed by atoms with Crippen LogP contribution < -0.4 is 5.73 Å².